The molecule has 6 rings (SSSR count). The number of halogens is 1. The maximum atomic E-state index is 11.9. The molecule has 39 heavy (non-hydrogen) atoms. The third-order valence-electron chi connectivity index (χ3n) is 7.48. The van der Waals surface area contributed by atoms with Gasteiger partial charge in [0.2, 0.25) is 0 Å². The summed E-state index contributed by atoms with van der Waals surface area (Å²) in [6.07, 6.45) is 4.45. The van der Waals surface area contributed by atoms with Gasteiger partial charge in [0, 0.05) is 67.6 Å². The standard InChI is InChI=1S/C30H30ClN5O3/c31-23-3-1-20(2-4-23)27-18-32-9-7-22(27)19-35-11-13-36(14-12-35)24-5-6-26(30(37)38)28(16-24)39-25-15-21-8-10-33-29(21)34-17-25/h1-6,8,10,15-17,32H,7,9,11-14,18-19H2,(H,33,34)(H,37,38). The molecule has 0 bridgehead atoms. The summed E-state index contributed by atoms with van der Waals surface area (Å²) in [7, 11) is 0. The molecule has 0 amide bonds. The number of piperazine rings is 1. The zero-order valence-electron chi connectivity index (χ0n) is 21.5. The molecule has 1 fully saturated rings. The number of aromatic amines is 1. The van der Waals surface area contributed by atoms with Crippen LogP contribution >= 0.6 is 11.6 Å². The Bertz CT molecular complexity index is 1520. The zero-order valence-corrected chi connectivity index (χ0v) is 22.2. The van der Waals surface area contributed by atoms with E-state index >= 15 is 0 Å². The summed E-state index contributed by atoms with van der Waals surface area (Å²) in [4.78, 5) is 24.1. The average molecular weight is 544 g/mol. The number of carbonyl (C=O) groups is 1. The second-order valence-corrected chi connectivity index (χ2v) is 10.4. The van der Waals surface area contributed by atoms with Crippen LogP contribution < -0.4 is 15.0 Å². The Morgan fingerprint density at radius 2 is 1.87 bits per heavy atom. The van der Waals surface area contributed by atoms with Gasteiger partial charge in [0.15, 0.2) is 0 Å². The van der Waals surface area contributed by atoms with Crippen molar-refractivity contribution in [2.75, 3.05) is 50.7 Å². The van der Waals surface area contributed by atoms with E-state index in [4.69, 9.17) is 16.3 Å². The predicted octanol–water partition coefficient (Wildman–Crippen LogP) is 5.28. The number of carboxylic acid groups (broad SMARTS) is 1. The van der Waals surface area contributed by atoms with Crippen molar-refractivity contribution in [1.82, 2.24) is 20.2 Å². The number of aromatic carboxylic acids is 1. The van der Waals surface area contributed by atoms with Crippen molar-refractivity contribution in [1.29, 1.82) is 0 Å². The smallest absolute Gasteiger partial charge is 0.339 e. The Labute approximate surface area is 231 Å². The number of benzene rings is 2. The maximum absolute atomic E-state index is 11.9. The van der Waals surface area contributed by atoms with Crippen LogP contribution in [0, 0.1) is 0 Å². The van der Waals surface area contributed by atoms with E-state index in [9.17, 15) is 9.90 Å². The number of H-pyrrole nitrogens is 1. The molecule has 0 spiro atoms. The van der Waals surface area contributed by atoms with Crippen LogP contribution in [0.5, 0.6) is 11.5 Å². The summed E-state index contributed by atoms with van der Waals surface area (Å²) in [6, 6.07) is 17.2. The highest BCUT2D eigenvalue weighted by Gasteiger charge is 2.23. The third kappa shape index (κ3) is 5.63. The monoisotopic (exact) mass is 543 g/mol. The molecule has 2 aromatic heterocycles. The minimum absolute atomic E-state index is 0.124. The molecule has 200 valence electrons. The maximum Gasteiger partial charge on any atom is 0.339 e. The molecule has 0 unspecified atom stereocenters. The fraction of sp³-hybridized carbons (Fsp3) is 0.267. The Balaban J connectivity index is 1.16. The van der Waals surface area contributed by atoms with E-state index in [1.807, 2.05) is 42.6 Å². The lowest BCUT2D eigenvalue weighted by atomic mass is 9.94. The topological polar surface area (TPSA) is 93.7 Å². The number of carboxylic acids is 1. The highest BCUT2D eigenvalue weighted by atomic mass is 35.5. The average Bonchev–Trinajstić information content (AvgIpc) is 3.42. The van der Waals surface area contributed by atoms with Gasteiger partial charge < -0.3 is 25.0 Å². The predicted molar refractivity (Wildman–Crippen MR) is 154 cm³/mol. The van der Waals surface area contributed by atoms with Crippen molar-refractivity contribution in [3.8, 4) is 11.5 Å². The number of rotatable bonds is 7. The van der Waals surface area contributed by atoms with Crippen LogP contribution in [0.15, 0.2) is 72.6 Å². The van der Waals surface area contributed by atoms with E-state index in [-0.39, 0.29) is 5.56 Å². The SMILES string of the molecule is O=C(O)c1ccc(N2CCN(CC3=C(c4ccc(Cl)cc4)CNCC3)CC2)cc1Oc1cnc2[nH]ccc2c1. The minimum Gasteiger partial charge on any atom is -0.478 e. The summed E-state index contributed by atoms with van der Waals surface area (Å²) in [6.45, 7) is 6.38. The van der Waals surface area contributed by atoms with Crippen LogP contribution in [-0.4, -0.2) is 71.8 Å². The molecule has 8 nitrogen and oxygen atoms in total. The first-order valence-electron chi connectivity index (χ1n) is 13.2. The van der Waals surface area contributed by atoms with Gasteiger partial charge in [0.1, 0.15) is 22.7 Å². The Kier molecular flexibility index (Phi) is 7.24. The number of fused-ring (bicyclic) bond motifs is 1. The zero-order chi connectivity index (χ0) is 26.8. The van der Waals surface area contributed by atoms with Gasteiger partial charge >= 0.3 is 5.97 Å². The number of nitrogens with one attached hydrogen (secondary N) is 2. The van der Waals surface area contributed by atoms with E-state index in [1.54, 1.807) is 12.3 Å². The van der Waals surface area contributed by atoms with Crippen LogP contribution in [0.4, 0.5) is 5.69 Å². The molecule has 0 saturated carbocycles. The van der Waals surface area contributed by atoms with Gasteiger partial charge in [0.25, 0.3) is 0 Å². The molecule has 9 heteroatoms. The summed E-state index contributed by atoms with van der Waals surface area (Å²) in [5.41, 5.74) is 5.93. The number of hydrogen-bond donors (Lipinski definition) is 3. The van der Waals surface area contributed by atoms with Crippen LogP contribution in [0.3, 0.4) is 0 Å². The van der Waals surface area contributed by atoms with Crippen molar-refractivity contribution in [2.24, 2.45) is 0 Å². The van der Waals surface area contributed by atoms with Gasteiger partial charge in [-0.25, -0.2) is 9.78 Å². The molecule has 4 aromatic rings. The molecular weight excluding hydrogens is 514 g/mol. The normalized spacial score (nSPS) is 16.6. The highest BCUT2D eigenvalue weighted by Crippen LogP contribution is 2.32. The van der Waals surface area contributed by atoms with Crippen LogP contribution in [0.25, 0.3) is 16.6 Å². The summed E-state index contributed by atoms with van der Waals surface area (Å²) >= 11 is 6.11. The fourth-order valence-corrected chi connectivity index (χ4v) is 5.49. The fourth-order valence-electron chi connectivity index (χ4n) is 5.37. The van der Waals surface area contributed by atoms with Crippen molar-refractivity contribution < 1.29 is 14.6 Å². The van der Waals surface area contributed by atoms with Crippen molar-refractivity contribution in [2.45, 2.75) is 6.42 Å². The first kappa shape index (κ1) is 25.4. The molecule has 0 atom stereocenters. The second-order valence-electron chi connectivity index (χ2n) is 9.95. The number of nitrogens with zero attached hydrogens (tertiary/aromatic N) is 3. The lowest BCUT2D eigenvalue weighted by Crippen LogP contribution is -2.47. The van der Waals surface area contributed by atoms with Gasteiger partial charge in [-0.2, -0.15) is 0 Å². The first-order chi connectivity index (χ1) is 19.0. The lowest BCUT2D eigenvalue weighted by molar-refractivity contribution is 0.0694. The second kappa shape index (κ2) is 11.1. The minimum atomic E-state index is -1.02. The van der Waals surface area contributed by atoms with Crippen molar-refractivity contribution >= 4 is 39.9 Å². The molecule has 1 saturated heterocycles. The van der Waals surface area contributed by atoms with Gasteiger partial charge in [0.05, 0.1) is 6.20 Å². The number of ether oxygens (including phenoxy) is 1. The molecule has 2 aliphatic rings. The molecule has 0 aliphatic carbocycles. The van der Waals surface area contributed by atoms with Gasteiger partial charge in [-0.15, -0.1) is 0 Å². The highest BCUT2D eigenvalue weighted by molar-refractivity contribution is 6.30. The molecule has 2 aromatic carbocycles. The van der Waals surface area contributed by atoms with E-state index in [0.29, 0.717) is 11.5 Å². The quantitative estimate of drug-likeness (QED) is 0.292. The summed E-state index contributed by atoms with van der Waals surface area (Å²) in [5, 5.41) is 14.9. The Morgan fingerprint density at radius 1 is 1.05 bits per heavy atom. The molecule has 3 N–H and O–H groups in total. The van der Waals surface area contributed by atoms with E-state index < -0.39 is 5.97 Å². The molecule has 0 radical (unpaired) electrons. The van der Waals surface area contributed by atoms with Crippen molar-refractivity contribution in [3.05, 3.63) is 88.7 Å². The Hall–Kier alpha value is -3.85. The Morgan fingerprint density at radius 3 is 2.67 bits per heavy atom. The van der Waals surface area contributed by atoms with Gasteiger partial charge in [-0.1, -0.05) is 23.7 Å². The van der Waals surface area contributed by atoms with Crippen molar-refractivity contribution in [3.63, 3.8) is 0 Å². The molecular formula is C30H30ClN5O3. The van der Waals surface area contributed by atoms with E-state index in [2.05, 4.69) is 37.2 Å². The van der Waals surface area contributed by atoms with Gasteiger partial charge in [-0.3, -0.25) is 4.90 Å². The molecule has 2 aliphatic heterocycles. The van der Waals surface area contributed by atoms with E-state index in [0.717, 1.165) is 74.0 Å². The molecule has 4 heterocycles. The van der Waals surface area contributed by atoms with Crippen LogP contribution in [0.2, 0.25) is 5.02 Å². The number of aromatic nitrogens is 2. The van der Waals surface area contributed by atoms with Crippen LogP contribution in [-0.2, 0) is 0 Å². The third-order valence-corrected chi connectivity index (χ3v) is 7.73. The number of anilines is 1. The number of pyridine rings is 1. The largest absolute Gasteiger partial charge is 0.478 e. The first-order valence-corrected chi connectivity index (χ1v) is 13.5. The lowest BCUT2D eigenvalue weighted by Gasteiger charge is -2.37. The van der Waals surface area contributed by atoms with E-state index in [1.165, 1.54) is 16.7 Å². The summed E-state index contributed by atoms with van der Waals surface area (Å²) in [5.74, 6) is -0.214. The summed E-state index contributed by atoms with van der Waals surface area (Å²) < 4.78 is 6.05. The van der Waals surface area contributed by atoms with Crippen LogP contribution in [0.1, 0.15) is 22.3 Å². The van der Waals surface area contributed by atoms with Gasteiger partial charge in [-0.05, 0) is 66.1 Å². The number of hydrogen-bond acceptors (Lipinski definition) is 6.